The predicted octanol–water partition coefficient (Wildman–Crippen LogP) is 4.47. The van der Waals surface area contributed by atoms with E-state index in [-0.39, 0.29) is 36.4 Å². The van der Waals surface area contributed by atoms with Crippen molar-refractivity contribution in [2.24, 2.45) is 34.5 Å². The standard InChI is InChI=1S/C30H40O10/c1-6-7-8-24(34)39-27(36)40-30(23(33)16-38-26(35)37-5)17(2)13-21-20-10-9-18-14-19(31)11-12-28(18,3)25(20)22(32)15-29(21,30)4/h11-12,14,17,20-22,25,32H,6-10,13,15-16H2,1-5H3/t17-,20+,21+,22?,25-,28+,29+,30+/m1/s1. The molecule has 8 atom stereocenters. The first-order valence-electron chi connectivity index (χ1n) is 14.1. The molecule has 0 aromatic carbocycles. The summed E-state index contributed by atoms with van der Waals surface area (Å²) >= 11 is 0. The van der Waals surface area contributed by atoms with Crippen LogP contribution in [0, 0.1) is 34.5 Å². The lowest BCUT2D eigenvalue weighted by molar-refractivity contribution is -0.190. The Hall–Kier alpha value is -3.01. The van der Waals surface area contributed by atoms with Gasteiger partial charge in [0.25, 0.3) is 0 Å². The van der Waals surface area contributed by atoms with E-state index in [1.165, 1.54) is 0 Å². The smallest absolute Gasteiger partial charge is 0.438 e. The number of carbonyl (C=O) groups is 5. The van der Waals surface area contributed by atoms with E-state index in [9.17, 15) is 29.1 Å². The van der Waals surface area contributed by atoms with Crippen LogP contribution >= 0.6 is 0 Å². The Morgan fingerprint density at radius 2 is 1.88 bits per heavy atom. The zero-order valence-electron chi connectivity index (χ0n) is 23.9. The van der Waals surface area contributed by atoms with Crippen molar-refractivity contribution in [2.45, 2.75) is 84.3 Å². The summed E-state index contributed by atoms with van der Waals surface area (Å²) in [5.74, 6) is -2.41. The van der Waals surface area contributed by atoms with Crippen LogP contribution in [0.4, 0.5) is 9.59 Å². The Balaban J connectivity index is 1.71. The molecular formula is C30H40O10. The van der Waals surface area contributed by atoms with Crippen LogP contribution in [0.5, 0.6) is 0 Å². The lowest BCUT2D eigenvalue weighted by Crippen LogP contribution is -2.64. The van der Waals surface area contributed by atoms with Crippen molar-refractivity contribution < 1.29 is 48.0 Å². The molecule has 1 N–H and O–H groups in total. The fraction of sp³-hybridized carbons (Fsp3) is 0.700. The van der Waals surface area contributed by atoms with Crippen LogP contribution in [-0.4, -0.2) is 60.4 Å². The number of hydrogen-bond acceptors (Lipinski definition) is 10. The molecule has 40 heavy (non-hydrogen) atoms. The third-order valence-electron chi connectivity index (χ3n) is 10.1. The van der Waals surface area contributed by atoms with Gasteiger partial charge in [0.2, 0.25) is 5.78 Å². The van der Waals surface area contributed by atoms with Gasteiger partial charge in [0, 0.05) is 29.1 Å². The van der Waals surface area contributed by atoms with Gasteiger partial charge in [-0.2, -0.15) is 0 Å². The molecule has 0 radical (unpaired) electrons. The summed E-state index contributed by atoms with van der Waals surface area (Å²) in [5, 5.41) is 11.7. The fourth-order valence-electron chi connectivity index (χ4n) is 8.42. The first-order chi connectivity index (χ1) is 18.8. The van der Waals surface area contributed by atoms with Crippen LogP contribution in [-0.2, 0) is 33.3 Å². The van der Waals surface area contributed by atoms with E-state index in [1.807, 2.05) is 26.8 Å². The second kappa shape index (κ2) is 11.1. The van der Waals surface area contributed by atoms with E-state index >= 15 is 0 Å². The number of carbonyl (C=O) groups excluding carboxylic acids is 5. The summed E-state index contributed by atoms with van der Waals surface area (Å²) in [5.41, 5.74) is -2.40. The molecule has 0 heterocycles. The number of ether oxygens (including phenoxy) is 4. The van der Waals surface area contributed by atoms with Crippen molar-refractivity contribution >= 4 is 29.8 Å². The first kappa shape index (κ1) is 30.0. The lowest BCUT2D eigenvalue weighted by atomic mass is 9.46. The quantitative estimate of drug-likeness (QED) is 0.350. The van der Waals surface area contributed by atoms with Gasteiger partial charge < -0.3 is 24.1 Å². The van der Waals surface area contributed by atoms with Gasteiger partial charge in [-0.25, -0.2) is 9.59 Å². The van der Waals surface area contributed by atoms with E-state index in [4.69, 9.17) is 14.2 Å². The number of aliphatic hydroxyl groups excluding tert-OH is 1. The number of rotatable bonds is 7. The normalized spacial score (nSPS) is 37.8. The van der Waals surface area contributed by atoms with Crippen molar-refractivity contribution in [3.05, 3.63) is 23.8 Å². The number of methoxy groups -OCH3 is 1. The number of ketones is 2. The largest absolute Gasteiger partial charge is 0.517 e. The maximum absolute atomic E-state index is 14.0. The zero-order chi connectivity index (χ0) is 29.5. The third kappa shape index (κ3) is 4.78. The van der Waals surface area contributed by atoms with E-state index in [0.717, 1.165) is 19.1 Å². The molecule has 1 unspecified atom stereocenters. The minimum atomic E-state index is -1.82. The maximum atomic E-state index is 14.0. The van der Waals surface area contributed by atoms with Gasteiger partial charge in [0.05, 0.1) is 13.2 Å². The number of aliphatic hydroxyl groups is 1. The minimum Gasteiger partial charge on any atom is -0.438 e. The van der Waals surface area contributed by atoms with Crippen molar-refractivity contribution in [1.82, 2.24) is 0 Å². The van der Waals surface area contributed by atoms with E-state index in [2.05, 4.69) is 4.74 Å². The molecule has 0 bridgehead atoms. The van der Waals surface area contributed by atoms with Gasteiger partial charge in [0.1, 0.15) is 0 Å². The Morgan fingerprint density at radius 3 is 2.55 bits per heavy atom. The molecule has 3 saturated carbocycles. The minimum absolute atomic E-state index is 0.0281. The fourth-order valence-corrected chi connectivity index (χ4v) is 8.42. The van der Waals surface area contributed by atoms with Gasteiger partial charge in [0.15, 0.2) is 18.0 Å². The van der Waals surface area contributed by atoms with Gasteiger partial charge in [-0.15, -0.1) is 0 Å². The van der Waals surface area contributed by atoms with Gasteiger partial charge in [-0.05, 0) is 56.1 Å². The molecule has 3 fully saturated rings. The monoisotopic (exact) mass is 560 g/mol. The number of esters is 1. The number of hydrogen-bond donors (Lipinski definition) is 1. The van der Waals surface area contributed by atoms with Crippen LogP contribution in [0.3, 0.4) is 0 Å². The molecule has 10 nitrogen and oxygen atoms in total. The molecule has 0 amide bonds. The summed E-state index contributed by atoms with van der Waals surface area (Å²) in [4.78, 5) is 63.0. The molecule has 0 aromatic rings. The van der Waals surface area contributed by atoms with Crippen LogP contribution in [0.1, 0.15) is 72.6 Å². The lowest BCUT2D eigenvalue weighted by Gasteiger charge is -2.59. The second-order valence-electron chi connectivity index (χ2n) is 12.2. The molecule has 0 spiro atoms. The van der Waals surface area contributed by atoms with Crippen molar-refractivity contribution in [3.63, 3.8) is 0 Å². The average Bonchev–Trinajstić information content (AvgIpc) is 3.12. The van der Waals surface area contributed by atoms with Crippen molar-refractivity contribution in [3.8, 4) is 0 Å². The summed E-state index contributed by atoms with van der Waals surface area (Å²) in [6.45, 7) is 6.85. The Kier molecular flexibility index (Phi) is 8.32. The van der Waals surface area contributed by atoms with Crippen molar-refractivity contribution in [1.29, 1.82) is 0 Å². The molecular weight excluding hydrogens is 520 g/mol. The molecule has 220 valence electrons. The first-order valence-corrected chi connectivity index (χ1v) is 14.1. The van der Waals surface area contributed by atoms with Crippen LogP contribution in [0.25, 0.3) is 0 Å². The SMILES string of the molecule is CCCCC(=O)OC(=O)O[C@]1(C(=O)COC(=O)OC)[C@H](C)C[C@H]2[C@@H]3CCC4=CC(=O)C=C[C@]4(C)[C@H]3C(O)C[C@@]21C. The molecule has 4 rings (SSSR count). The molecule has 0 aliphatic heterocycles. The highest BCUT2D eigenvalue weighted by molar-refractivity contribution is 6.01. The topological polar surface area (TPSA) is 143 Å². The number of Topliss-reactive ketones (excluding diaryl/α,β-unsaturated/α-hetero) is 1. The van der Waals surface area contributed by atoms with Gasteiger partial charge in [-0.1, -0.05) is 45.8 Å². The summed E-state index contributed by atoms with van der Waals surface area (Å²) in [7, 11) is 1.12. The Labute approximate surface area is 234 Å². The number of unbranched alkanes of at least 4 members (excludes halogenated alkanes) is 1. The molecule has 0 aromatic heterocycles. The summed E-state index contributed by atoms with van der Waals surface area (Å²) < 4.78 is 20.3. The van der Waals surface area contributed by atoms with E-state index in [1.54, 1.807) is 19.1 Å². The Bertz CT molecular complexity index is 1140. The number of fused-ring (bicyclic) bond motifs is 5. The van der Waals surface area contributed by atoms with E-state index in [0.29, 0.717) is 25.7 Å². The summed E-state index contributed by atoms with van der Waals surface area (Å²) in [6, 6.07) is 0. The molecule has 4 aliphatic carbocycles. The summed E-state index contributed by atoms with van der Waals surface area (Å²) in [6.07, 6.45) is 5.16. The third-order valence-corrected chi connectivity index (χ3v) is 10.1. The van der Waals surface area contributed by atoms with Crippen molar-refractivity contribution in [2.75, 3.05) is 13.7 Å². The molecule has 4 aliphatic rings. The number of allylic oxidation sites excluding steroid dienone is 4. The maximum Gasteiger partial charge on any atom is 0.517 e. The van der Waals surface area contributed by atoms with Gasteiger partial charge >= 0.3 is 18.3 Å². The molecule has 0 saturated heterocycles. The van der Waals surface area contributed by atoms with Crippen LogP contribution in [0.2, 0.25) is 0 Å². The highest BCUT2D eigenvalue weighted by Crippen LogP contribution is 2.69. The highest BCUT2D eigenvalue weighted by atomic mass is 16.8. The predicted molar refractivity (Wildman–Crippen MR) is 141 cm³/mol. The van der Waals surface area contributed by atoms with E-state index < -0.39 is 59.1 Å². The average molecular weight is 561 g/mol. The second-order valence-corrected chi connectivity index (χ2v) is 12.2. The Morgan fingerprint density at radius 1 is 1.15 bits per heavy atom. The zero-order valence-corrected chi connectivity index (χ0v) is 23.9. The van der Waals surface area contributed by atoms with Crippen LogP contribution in [0.15, 0.2) is 23.8 Å². The molecule has 10 heteroatoms. The van der Waals surface area contributed by atoms with Gasteiger partial charge in [-0.3, -0.25) is 14.4 Å². The van der Waals surface area contributed by atoms with Crippen LogP contribution < -0.4 is 0 Å². The highest BCUT2D eigenvalue weighted by Gasteiger charge is 2.73.